The summed E-state index contributed by atoms with van der Waals surface area (Å²) in [6, 6.07) is 18.7. The van der Waals surface area contributed by atoms with Gasteiger partial charge in [-0.25, -0.2) is 0 Å². The predicted molar refractivity (Wildman–Crippen MR) is 120 cm³/mol. The van der Waals surface area contributed by atoms with Crippen molar-refractivity contribution >= 4 is 11.8 Å². The molecule has 1 aliphatic rings. The molecule has 8 nitrogen and oxygen atoms in total. The number of nitrogens with one attached hydrogen (secondary N) is 1. The molecule has 0 bridgehead atoms. The number of carbonyl (C=O) groups is 2. The molecule has 1 aromatic heterocycles. The lowest BCUT2D eigenvalue weighted by Crippen LogP contribution is -2.49. The Morgan fingerprint density at radius 3 is 2.34 bits per heavy atom. The van der Waals surface area contributed by atoms with Gasteiger partial charge in [-0.1, -0.05) is 53.7 Å². The number of nitrogens with zero attached hydrogens (tertiary/aromatic N) is 4. The number of aromatic nitrogens is 2. The van der Waals surface area contributed by atoms with Gasteiger partial charge in [0.2, 0.25) is 17.6 Å². The SMILES string of the molecule is CC(c1nc(-c2ccccc2)no1)N1CCN(C(=O)CCNC(=O)c2ccccc2)CC1. The summed E-state index contributed by atoms with van der Waals surface area (Å²) < 4.78 is 5.50. The Kier molecular flexibility index (Phi) is 6.91. The average molecular weight is 434 g/mol. The van der Waals surface area contributed by atoms with E-state index >= 15 is 0 Å². The highest BCUT2D eigenvalue weighted by atomic mass is 16.5. The molecule has 1 fully saturated rings. The first kappa shape index (κ1) is 21.7. The molecule has 0 aliphatic carbocycles. The van der Waals surface area contributed by atoms with Crippen molar-refractivity contribution in [2.24, 2.45) is 0 Å². The van der Waals surface area contributed by atoms with E-state index in [2.05, 4.69) is 20.4 Å². The van der Waals surface area contributed by atoms with Crippen molar-refractivity contribution in [3.8, 4) is 11.4 Å². The fourth-order valence-corrected chi connectivity index (χ4v) is 3.76. The van der Waals surface area contributed by atoms with Crippen LogP contribution >= 0.6 is 0 Å². The van der Waals surface area contributed by atoms with Crippen LogP contribution in [0.15, 0.2) is 65.2 Å². The number of rotatable bonds is 7. The Labute approximate surface area is 187 Å². The minimum Gasteiger partial charge on any atom is -0.352 e. The van der Waals surface area contributed by atoms with Crippen molar-refractivity contribution in [1.29, 1.82) is 0 Å². The van der Waals surface area contributed by atoms with E-state index in [1.807, 2.05) is 60.4 Å². The van der Waals surface area contributed by atoms with E-state index in [1.165, 1.54) is 0 Å². The number of benzene rings is 2. The third-order valence-electron chi connectivity index (χ3n) is 5.71. The zero-order chi connectivity index (χ0) is 22.3. The van der Waals surface area contributed by atoms with Crippen LogP contribution in [0.1, 0.15) is 35.6 Å². The van der Waals surface area contributed by atoms with Crippen LogP contribution in [0.5, 0.6) is 0 Å². The third kappa shape index (κ3) is 5.20. The molecule has 4 rings (SSSR count). The van der Waals surface area contributed by atoms with Crippen LogP contribution in [0.25, 0.3) is 11.4 Å². The van der Waals surface area contributed by atoms with Gasteiger partial charge < -0.3 is 14.7 Å². The normalized spacial score (nSPS) is 15.3. The van der Waals surface area contributed by atoms with Gasteiger partial charge in [0, 0.05) is 50.3 Å². The van der Waals surface area contributed by atoms with E-state index in [0.29, 0.717) is 36.9 Å². The highest BCUT2D eigenvalue weighted by Crippen LogP contribution is 2.23. The minimum atomic E-state index is -0.161. The van der Waals surface area contributed by atoms with E-state index < -0.39 is 0 Å². The van der Waals surface area contributed by atoms with Crippen molar-refractivity contribution in [3.05, 3.63) is 72.1 Å². The molecule has 3 aromatic rings. The number of hydrogen-bond donors (Lipinski definition) is 1. The van der Waals surface area contributed by atoms with Crippen molar-refractivity contribution in [2.75, 3.05) is 32.7 Å². The maximum atomic E-state index is 12.5. The van der Waals surface area contributed by atoms with E-state index in [4.69, 9.17) is 4.52 Å². The lowest BCUT2D eigenvalue weighted by Gasteiger charge is -2.36. The zero-order valence-corrected chi connectivity index (χ0v) is 18.1. The van der Waals surface area contributed by atoms with Crippen LogP contribution in [0, 0.1) is 0 Å². The van der Waals surface area contributed by atoms with Gasteiger partial charge in [-0.15, -0.1) is 0 Å². The van der Waals surface area contributed by atoms with Crippen molar-refractivity contribution in [1.82, 2.24) is 25.3 Å². The van der Waals surface area contributed by atoms with Gasteiger partial charge in [0.25, 0.3) is 5.91 Å². The van der Waals surface area contributed by atoms with Crippen LogP contribution in [0.3, 0.4) is 0 Å². The summed E-state index contributed by atoms with van der Waals surface area (Å²) in [6.07, 6.45) is 0.290. The molecule has 1 atom stereocenters. The first-order chi connectivity index (χ1) is 15.6. The predicted octanol–water partition coefficient (Wildman–Crippen LogP) is 2.76. The Morgan fingerprint density at radius 1 is 1.00 bits per heavy atom. The van der Waals surface area contributed by atoms with Gasteiger partial charge in [-0.05, 0) is 19.1 Å². The fraction of sp³-hybridized carbons (Fsp3) is 0.333. The molecule has 0 radical (unpaired) electrons. The van der Waals surface area contributed by atoms with Crippen LogP contribution in [0.4, 0.5) is 0 Å². The van der Waals surface area contributed by atoms with E-state index in [1.54, 1.807) is 12.1 Å². The summed E-state index contributed by atoms with van der Waals surface area (Å²) in [6.45, 7) is 5.09. The van der Waals surface area contributed by atoms with Gasteiger partial charge in [-0.3, -0.25) is 14.5 Å². The van der Waals surface area contributed by atoms with Crippen LogP contribution in [-0.4, -0.2) is 64.5 Å². The summed E-state index contributed by atoms with van der Waals surface area (Å²) in [5, 5.41) is 6.91. The molecule has 1 saturated heterocycles. The van der Waals surface area contributed by atoms with E-state index in [9.17, 15) is 9.59 Å². The van der Waals surface area contributed by atoms with Gasteiger partial charge in [0.05, 0.1) is 6.04 Å². The van der Waals surface area contributed by atoms with E-state index in [0.717, 1.165) is 18.7 Å². The molecule has 2 heterocycles. The largest absolute Gasteiger partial charge is 0.352 e. The average Bonchev–Trinajstić information content (AvgIpc) is 3.35. The first-order valence-electron chi connectivity index (χ1n) is 10.9. The Bertz CT molecular complexity index is 1030. The second-order valence-corrected chi connectivity index (χ2v) is 7.79. The zero-order valence-electron chi connectivity index (χ0n) is 18.1. The standard InChI is InChI=1S/C24H27N5O3/c1-18(24-26-22(27-32-24)19-8-4-2-5-9-19)28-14-16-29(17-15-28)21(30)12-13-25-23(31)20-10-6-3-7-11-20/h2-11,18H,12-17H2,1H3,(H,25,31). The molecule has 2 aromatic carbocycles. The molecular weight excluding hydrogens is 406 g/mol. The molecule has 1 aliphatic heterocycles. The van der Waals surface area contributed by atoms with Crippen LogP contribution < -0.4 is 5.32 Å². The Balaban J connectivity index is 1.23. The first-order valence-corrected chi connectivity index (χ1v) is 10.9. The molecule has 1 N–H and O–H groups in total. The highest BCUT2D eigenvalue weighted by Gasteiger charge is 2.27. The Morgan fingerprint density at radius 2 is 1.66 bits per heavy atom. The number of amides is 2. The fourth-order valence-electron chi connectivity index (χ4n) is 3.76. The number of piperazine rings is 1. The second kappa shape index (κ2) is 10.2. The summed E-state index contributed by atoms with van der Waals surface area (Å²) in [4.78, 5) is 33.3. The van der Waals surface area contributed by atoms with Crippen molar-refractivity contribution in [3.63, 3.8) is 0 Å². The Hall–Kier alpha value is -3.52. The van der Waals surface area contributed by atoms with Crippen LogP contribution in [0.2, 0.25) is 0 Å². The van der Waals surface area contributed by atoms with Gasteiger partial charge in [-0.2, -0.15) is 4.98 Å². The van der Waals surface area contributed by atoms with Gasteiger partial charge in [0.15, 0.2) is 0 Å². The van der Waals surface area contributed by atoms with Gasteiger partial charge >= 0.3 is 0 Å². The van der Waals surface area contributed by atoms with E-state index in [-0.39, 0.29) is 24.3 Å². The molecule has 1 unspecified atom stereocenters. The van der Waals surface area contributed by atoms with Crippen molar-refractivity contribution < 1.29 is 14.1 Å². The molecule has 32 heavy (non-hydrogen) atoms. The molecule has 0 saturated carbocycles. The second-order valence-electron chi connectivity index (χ2n) is 7.79. The lowest BCUT2D eigenvalue weighted by molar-refractivity contribution is -0.133. The smallest absolute Gasteiger partial charge is 0.251 e. The quantitative estimate of drug-likeness (QED) is 0.616. The maximum absolute atomic E-state index is 12.5. The molecular formula is C24H27N5O3. The summed E-state index contributed by atoms with van der Waals surface area (Å²) in [7, 11) is 0. The maximum Gasteiger partial charge on any atom is 0.251 e. The van der Waals surface area contributed by atoms with Gasteiger partial charge in [0.1, 0.15) is 0 Å². The molecule has 0 spiro atoms. The molecule has 166 valence electrons. The van der Waals surface area contributed by atoms with Crippen molar-refractivity contribution in [2.45, 2.75) is 19.4 Å². The number of hydrogen-bond acceptors (Lipinski definition) is 6. The lowest BCUT2D eigenvalue weighted by atomic mass is 10.2. The monoisotopic (exact) mass is 433 g/mol. The summed E-state index contributed by atoms with van der Waals surface area (Å²) in [5.41, 5.74) is 1.52. The summed E-state index contributed by atoms with van der Waals surface area (Å²) in [5.74, 6) is 1.05. The highest BCUT2D eigenvalue weighted by molar-refractivity contribution is 5.94. The molecule has 2 amide bonds. The molecule has 8 heteroatoms. The number of carbonyl (C=O) groups excluding carboxylic acids is 2. The third-order valence-corrected chi connectivity index (χ3v) is 5.71. The summed E-state index contributed by atoms with van der Waals surface area (Å²) >= 11 is 0. The topological polar surface area (TPSA) is 91.6 Å². The van der Waals surface area contributed by atoms with Crippen LogP contribution in [-0.2, 0) is 4.79 Å². The minimum absolute atomic E-state index is 0.0256.